The molecular formula is C14H22O. The number of aliphatic hydroxyl groups excluding tert-OH is 1. The molecule has 84 valence electrons. The Hall–Kier alpha value is -0.820. The summed E-state index contributed by atoms with van der Waals surface area (Å²) in [6.07, 6.45) is 1.96. The van der Waals surface area contributed by atoms with E-state index in [-0.39, 0.29) is 6.10 Å². The summed E-state index contributed by atoms with van der Waals surface area (Å²) in [5, 5.41) is 10.1. The van der Waals surface area contributed by atoms with E-state index in [1.54, 1.807) is 0 Å². The van der Waals surface area contributed by atoms with Crippen molar-refractivity contribution >= 4 is 0 Å². The van der Waals surface area contributed by atoms with E-state index < -0.39 is 0 Å². The van der Waals surface area contributed by atoms with Gasteiger partial charge in [-0.1, -0.05) is 57.5 Å². The van der Waals surface area contributed by atoms with Crippen molar-refractivity contribution < 1.29 is 5.11 Å². The molecular weight excluding hydrogens is 184 g/mol. The van der Waals surface area contributed by atoms with Crippen LogP contribution in [-0.4, -0.2) is 5.11 Å². The summed E-state index contributed by atoms with van der Waals surface area (Å²) in [6, 6.07) is 9.94. The summed E-state index contributed by atoms with van der Waals surface area (Å²) in [7, 11) is 0. The molecule has 3 unspecified atom stereocenters. The van der Waals surface area contributed by atoms with E-state index in [2.05, 4.69) is 20.8 Å². The van der Waals surface area contributed by atoms with Crippen molar-refractivity contribution in [2.45, 2.75) is 39.7 Å². The molecule has 0 saturated heterocycles. The average Bonchev–Trinajstić information content (AvgIpc) is 2.29. The first-order valence-corrected chi connectivity index (χ1v) is 5.88. The zero-order chi connectivity index (χ0) is 11.3. The fourth-order valence-corrected chi connectivity index (χ4v) is 1.91. The van der Waals surface area contributed by atoms with Gasteiger partial charge in [0.05, 0.1) is 6.10 Å². The van der Waals surface area contributed by atoms with Crippen LogP contribution in [0.15, 0.2) is 30.3 Å². The van der Waals surface area contributed by atoms with E-state index >= 15 is 0 Å². The summed E-state index contributed by atoms with van der Waals surface area (Å²) >= 11 is 0. The molecule has 1 aromatic carbocycles. The number of hydrogen-bond donors (Lipinski definition) is 1. The SMILES string of the molecule is CCC(C)CC(C)C(O)c1ccccc1. The molecule has 0 heterocycles. The Bertz CT molecular complexity index is 268. The van der Waals surface area contributed by atoms with Crippen LogP contribution >= 0.6 is 0 Å². The molecule has 0 radical (unpaired) electrons. The molecule has 0 aromatic heterocycles. The summed E-state index contributed by atoms with van der Waals surface area (Å²) in [5.74, 6) is 1.03. The average molecular weight is 206 g/mol. The van der Waals surface area contributed by atoms with Crippen molar-refractivity contribution in [1.82, 2.24) is 0 Å². The van der Waals surface area contributed by atoms with Crippen LogP contribution in [0.5, 0.6) is 0 Å². The van der Waals surface area contributed by atoms with Crippen LogP contribution in [0.3, 0.4) is 0 Å². The van der Waals surface area contributed by atoms with Crippen molar-refractivity contribution in [3.63, 3.8) is 0 Å². The second-order valence-corrected chi connectivity index (χ2v) is 4.58. The number of benzene rings is 1. The lowest BCUT2D eigenvalue weighted by molar-refractivity contribution is 0.103. The second kappa shape index (κ2) is 5.92. The topological polar surface area (TPSA) is 20.2 Å². The smallest absolute Gasteiger partial charge is 0.0815 e. The molecule has 0 aliphatic carbocycles. The molecule has 0 spiro atoms. The minimum absolute atomic E-state index is 0.319. The van der Waals surface area contributed by atoms with Gasteiger partial charge in [-0.05, 0) is 23.8 Å². The first kappa shape index (κ1) is 12.3. The van der Waals surface area contributed by atoms with Gasteiger partial charge in [0, 0.05) is 0 Å². The summed E-state index contributed by atoms with van der Waals surface area (Å²) in [6.45, 7) is 6.57. The van der Waals surface area contributed by atoms with Crippen LogP contribution in [0.2, 0.25) is 0 Å². The molecule has 1 rings (SSSR count). The van der Waals surface area contributed by atoms with Gasteiger partial charge >= 0.3 is 0 Å². The fourth-order valence-electron chi connectivity index (χ4n) is 1.91. The van der Waals surface area contributed by atoms with Crippen LogP contribution in [0.1, 0.15) is 45.3 Å². The zero-order valence-corrected chi connectivity index (χ0v) is 9.98. The third kappa shape index (κ3) is 3.67. The van der Waals surface area contributed by atoms with Crippen molar-refractivity contribution in [2.24, 2.45) is 11.8 Å². The maximum Gasteiger partial charge on any atom is 0.0815 e. The Balaban J connectivity index is 2.57. The molecule has 1 heteroatoms. The molecule has 1 aromatic rings. The lowest BCUT2D eigenvalue weighted by Gasteiger charge is -2.21. The molecule has 0 fully saturated rings. The fraction of sp³-hybridized carbons (Fsp3) is 0.571. The lowest BCUT2D eigenvalue weighted by atomic mass is 9.88. The summed E-state index contributed by atoms with van der Waals surface area (Å²) in [4.78, 5) is 0. The highest BCUT2D eigenvalue weighted by atomic mass is 16.3. The Morgan fingerprint density at radius 3 is 2.27 bits per heavy atom. The van der Waals surface area contributed by atoms with Crippen molar-refractivity contribution in [3.8, 4) is 0 Å². The first-order valence-electron chi connectivity index (χ1n) is 5.88. The van der Waals surface area contributed by atoms with Crippen LogP contribution in [0.25, 0.3) is 0 Å². The van der Waals surface area contributed by atoms with Gasteiger partial charge in [0.1, 0.15) is 0 Å². The summed E-state index contributed by atoms with van der Waals surface area (Å²) < 4.78 is 0. The van der Waals surface area contributed by atoms with Gasteiger partial charge < -0.3 is 5.11 Å². The largest absolute Gasteiger partial charge is 0.388 e. The molecule has 0 amide bonds. The highest BCUT2D eigenvalue weighted by Gasteiger charge is 2.17. The maximum absolute atomic E-state index is 10.1. The Labute approximate surface area is 93.1 Å². The van der Waals surface area contributed by atoms with Crippen molar-refractivity contribution in [2.75, 3.05) is 0 Å². The monoisotopic (exact) mass is 206 g/mol. The Kier molecular flexibility index (Phi) is 4.83. The predicted octanol–water partition coefficient (Wildman–Crippen LogP) is 3.79. The highest BCUT2D eigenvalue weighted by Crippen LogP contribution is 2.27. The molecule has 1 nitrogen and oxygen atoms in total. The van der Waals surface area contributed by atoms with Crippen LogP contribution in [0, 0.1) is 11.8 Å². The van der Waals surface area contributed by atoms with Crippen LogP contribution in [0.4, 0.5) is 0 Å². The van der Waals surface area contributed by atoms with E-state index in [4.69, 9.17) is 0 Å². The molecule has 3 atom stereocenters. The highest BCUT2D eigenvalue weighted by molar-refractivity contribution is 5.17. The van der Waals surface area contributed by atoms with Gasteiger partial charge in [-0.15, -0.1) is 0 Å². The van der Waals surface area contributed by atoms with E-state index in [1.165, 1.54) is 6.42 Å². The quantitative estimate of drug-likeness (QED) is 0.777. The molecule has 0 aliphatic heterocycles. The molecule has 15 heavy (non-hydrogen) atoms. The Morgan fingerprint density at radius 2 is 1.73 bits per heavy atom. The molecule has 1 N–H and O–H groups in total. The van der Waals surface area contributed by atoms with Crippen molar-refractivity contribution in [3.05, 3.63) is 35.9 Å². The normalized spacial score (nSPS) is 17.1. The molecule has 0 aliphatic rings. The number of aliphatic hydroxyl groups is 1. The number of hydrogen-bond acceptors (Lipinski definition) is 1. The van der Waals surface area contributed by atoms with E-state index in [1.807, 2.05) is 30.3 Å². The lowest BCUT2D eigenvalue weighted by Crippen LogP contribution is -2.12. The van der Waals surface area contributed by atoms with Crippen LogP contribution < -0.4 is 0 Å². The van der Waals surface area contributed by atoms with Crippen LogP contribution in [-0.2, 0) is 0 Å². The van der Waals surface area contributed by atoms with E-state index in [0.717, 1.165) is 12.0 Å². The zero-order valence-electron chi connectivity index (χ0n) is 9.98. The molecule has 0 saturated carbocycles. The van der Waals surface area contributed by atoms with Gasteiger partial charge in [0.2, 0.25) is 0 Å². The van der Waals surface area contributed by atoms with E-state index in [9.17, 15) is 5.11 Å². The Morgan fingerprint density at radius 1 is 1.13 bits per heavy atom. The molecule has 0 bridgehead atoms. The van der Waals surface area contributed by atoms with Crippen molar-refractivity contribution in [1.29, 1.82) is 0 Å². The maximum atomic E-state index is 10.1. The third-order valence-electron chi connectivity index (χ3n) is 3.15. The summed E-state index contributed by atoms with van der Waals surface area (Å²) in [5.41, 5.74) is 1.04. The van der Waals surface area contributed by atoms with E-state index in [0.29, 0.717) is 11.8 Å². The van der Waals surface area contributed by atoms with Gasteiger partial charge in [-0.3, -0.25) is 0 Å². The standard InChI is InChI=1S/C14H22O/c1-4-11(2)10-12(3)14(15)13-8-6-5-7-9-13/h5-9,11-12,14-15H,4,10H2,1-3H3. The van der Waals surface area contributed by atoms with Gasteiger partial charge in [-0.2, -0.15) is 0 Å². The third-order valence-corrected chi connectivity index (χ3v) is 3.15. The second-order valence-electron chi connectivity index (χ2n) is 4.58. The van der Waals surface area contributed by atoms with Gasteiger partial charge in [0.15, 0.2) is 0 Å². The van der Waals surface area contributed by atoms with Gasteiger partial charge in [0.25, 0.3) is 0 Å². The van der Waals surface area contributed by atoms with Gasteiger partial charge in [-0.25, -0.2) is 0 Å². The minimum atomic E-state index is -0.319. The number of rotatable bonds is 5. The minimum Gasteiger partial charge on any atom is -0.388 e. The predicted molar refractivity (Wildman–Crippen MR) is 64.6 cm³/mol. The first-order chi connectivity index (χ1) is 7.15.